The van der Waals surface area contributed by atoms with Crippen LogP contribution >= 0.6 is 0 Å². The van der Waals surface area contributed by atoms with Gasteiger partial charge in [-0.3, -0.25) is 9.59 Å². The standard InChI is InChI=1S/C19H18N2O2/c1-2-13-20-18(22)14-17(15-9-5-3-6-10-15)21-19(23)16-11-7-4-8-12-16/h1,3-12,17H,13-14H2,(H,20,22)(H,21,23). The Balaban J connectivity index is 2.12. The molecule has 2 aromatic rings. The number of benzene rings is 2. The number of nitrogens with one attached hydrogen (secondary N) is 2. The third-order valence-corrected chi connectivity index (χ3v) is 3.32. The molecule has 0 heterocycles. The molecule has 2 amide bonds. The molecule has 23 heavy (non-hydrogen) atoms. The van der Waals surface area contributed by atoms with Crippen molar-refractivity contribution in [1.29, 1.82) is 0 Å². The molecule has 2 rings (SSSR count). The molecular weight excluding hydrogens is 288 g/mol. The van der Waals surface area contributed by atoms with Gasteiger partial charge in [-0.1, -0.05) is 54.5 Å². The summed E-state index contributed by atoms with van der Waals surface area (Å²) in [5.74, 6) is 1.94. The first-order chi connectivity index (χ1) is 11.2. The van der Waals surface area contributed by atoms with Crippen LogP contribution in [0.3, 0.4) is 0 Å². The van der Waals surface area contributed by atoms with Gasteiger partial charge in [-0.25, -0.2) is 0 Å². The quantitative estimate of drug-likeness (QED) is 0.805. The summed E-state index contributed by atoms with van der Waals surface area (Å²) in [7, 11) is 0. The largest absolute Gasteiger partial charge is 0.345 e. The number of carbonyl (C=O) groups is 2. The zero-order valence-corrected chi connectivity index (χ0v) is 12.7. The maximum absolute atomic E-state index is 12.3. The van der Waals surface area contributed by atoms with Crippen molar-refractivity contribution in [3.8, 4) is 12.3 Å². The molecule has 0 aliphatic carbocycles. The van der Waals surface area contributed by atoms with E-state index in [0.29, 0.717) is 5.56 Å². The van der Waals surface area contributed by atoms with Gasteiger partial charge >= 0.3 is 0 Å². The lowest BCUT2D eigenvalue weighted by molar-refractivity contribution is -0.121. The van der Waals surface area contributed by atoms with Crippen LogP contribution in [0.25, 0.3) is 0 Å². The Morgan fingerprint density at radius 2 is 1.61 bits per heavy atom. The SMILES string of the molecule is C#CCNC(=O)CC(NC(=O)c1ccccc1)c1ccccc1. The molecule has 0 bridgehead atoms. The van der Waals surface area contributed by atoms with E-state index in [9.17, 15) is 9.59 Å². The Morgan fingerprint density at radius 1 is 1.00 bits per heavy atom. The molecule has 4 nitrogen and oxygen atoms in total. The van der Waals surface area contributed by atoms with Crippen molar-refractivity contribution in [2.75, 3.05) is 6.54 Å². The second-order valence-corrected chi connectivity index (χ2v) is 4.99. The average Bonchev–Trinajstić information content (AvgIpc) is 2.61. The van der Waals surface area contributed by atoms with Crippen molar-refractivity contribution in [3.63, 3.8) is 0 Å². The van der Waals surface area contributed by atoms with E-state index in [2.05, 4.69) is 16.6 Å². The number of carbonyl (C=O) groups excluding carboxylic acids is 2. The summed E-state index contributed by atoms with van der Waals surface area (Å²) in [4.78, 5) is 24.3. The first kappa shape index (κ1) is 16.3. The van der Waals surface area contributed by atoms with E-state index in [0.717, 1.165) is 5.56 Å². The van der Waals surface area contributed by atoms with E-state index in [-0.39, 0.29) is 24.8 Å². The van der Waals surface area contributed by atoms with Gasteiger partial charge < -0.3 is 10.6 Å². The van der Waals surface area contributed by atoms with Crippen molar-refractivity contribution < 1.29 is 9.59 Å². The highest BCUT2D eigenvalue weighted by Crippen LogP contribution is 2.17. The predicted octanol–water partition coefficient (Wildman–Crippen LogP) is 2.30. The van der Waals surface area contributed by atoms with E-state index in [1.165, 1.54) is 0 Å². The van der Waals surface area contributed by atoms with E-state index < -0.39 is 6.04 Å². The summed E-state index contributed by atoms with van der Waals surface area (Å²) in [5.41, 5.74) is 1.42. The lowest BCUT2D eigenvalue weighted by Gasteiger charge is -2.19. The second-order valence-electron chi connectivity index (χ2n) is 4.99. The average molecular weight is 306 g/mol. The first-order valence-corrected chi connectivity index (χ1v) is 7.31. The van der Waals surface area contributed by atoms with Crippen LogP contribution in [0.5, 0.6) is 0 Å². The highest BCUT2D eigenvalue weighted by Gasteiger charge is 2.18. The molecular formula is C19H18N2O2. The Bertz CT molecular complexity index is 690. The van der Waals surface area contributed by atoms with Crippen LogP contribution in [-0.2, 0) is 4.79 Å². The number of rotatable bonds is 6. The van der Waals surface area contributed by atoms with Crippen LogP contribution < -0.4 is 10.6 Å². The third kappa shape index (κ3) is 5.01. The number of hydrogen-bond acceptors (Lipinski definition) is 2. The zero-order valence-electron chi connectivity index (χ0n) is 12.7. The fourth-order valence-corrected chi connectivity index (χ4v) is 2.18. The van der Waals surface area contributed by atoms with Crippen molar-refractivity contribution >= 4 is 11.8 Å². The van der Waals surface area contributed by atoms with Gasteiger partial charge in [0.25, 0.3) is 5.91 Å². The molecule has 0 saturated heterocycles. The Hall–Kier alpha value is -3.06. The fraction of sp³-hybridized carbons (Fsp3) is 0.158. The number of amides is 2. The van der Waals surface area contributed by atoms with Gasteiger partial charge in [0.1, 0.15) is 0 Å². The van der Waals surface area contributed by atoms with Gasteiger partial charge in [0.05, 0.1) is 19.0 Å². The predicted molar refractivity (Wildman–Crippen MR) is 89.6 cm³/mol. The van der Waals surface area contributed by atoms with Gasteiger partial charge in [0.2, 0.25) is 5.91 Å². The maximum atomic E-state index is 12.3. The van der Waals surface area contributed by atoms with Gasteiger partial charge in [-0.15, -0.1) is 6.42 Å². The lowest BCUT2D eigenvalue weighted by atomic mass is 10.0. The molecule has 0 spiro atoms. The van der Waals surface area contributed by atoms with Crippen molar-refractivity contribution in [3.05, 3.63) is 71.8 Å². The molecule has 0 aliphatic heterocycles. The minimum atomic E-state index is -0.415. The van der Waals surface area contributed by atoms with E-state index in [1.54, 1.807) is 24.3 Å². The van der Waals surface area contributed by atoms with Gasteiger partial charge in [0.15, 0.2) is 0 Å². The van der Waals surface area contributed by atoms with Crippen LogP contribution in [0.1, 0.15) is 28.4 Å². The van der Waals surface area contributed by atoms with Crippen LogP contribution in [0, 0.1) is 12.3 Å². The summed E-state index contributed by atoms with van der Waals surface area (Å²) in [5, 5.41) is 5.52. The Kier molecular flexibility index (Phi) is 5.96. The van der Waals surface area contributed by atoms with Crippen LogP contribution in [0.4, 0.5) is 0 Å². The zero-order chi connectivity index (χ0) is 16.5. The minimum Gasteiger partial charge on any atom is -0.345 e. The molecule has 0 radical (unpaired) electrons. The van der Waals surface area contributed by atoms with E-state index in [1.807, 2.05) is 36.4 Å². The highest BCUT2D eigenvalue weighted by atomic mass is 16.2. The Labute approximate surface area is 135 Å². The Morgan fingerprint density at radius 3 is 2.22 bits per heavy atom. The molecule has 0 aromatic heterocycles. The molecule has 1 unspecified atom stereocenters. The van der Waals surface area contributed by atoms with Crippen molar-refractivity contribution in [1.82, 2.24) is 10.6 Å². The molecule has 4 heteroatoms. The van der Waals surface area contributed by atoms with E-state index in [4.69, 9.17) is 6.42 Å². The topological polar surface area (TPSA) is 58.2 Å². The molecule has 1 atom stereocenters. The second kappa shape index (κ2) is 8.40. The molecule has 2 aromatic carbocycles. The maximum Gasteiger partial charge on any atom is 0.251 e. The smallest absolute Gasteiger partial charge is 0.251 e. The third-order valence-electron chi connectivity index (χ3n) is 3.32. The normalized spacial score (nSPS) is 11.1. The summed E-state index contributed by atoms with van der Waals surface area (Å²) >= 11 is 0. The van der Waals surface area contributed by atoms with Crippen LogP contribution in [-0.4, -0.2) is 18.4 Å². The summed E-state index contributed by atoms with van der Waals surface area (Å²) in [6, 6.07) is 17.9. The van der Waals surface area contributed by atoms with E-state index >= 15 is 0 Å². The highest BCUT2D eigenvalue weighted by molar-refractivity contribution is 5.94. The molecule has 2 N–H and O–H groups in total. The summed E-state index contributed by atoms with van der Waals surface area (Å²) < 4.78 is 0. The summed E-state index contributed by atoms with van der Waals surface area (Å²) in [6.07, 6.45) is 5.27. The first-order valence-electron chi connectivity index (χ1n) is 7.31. The van der Waals surface area contributed by atoms with Gasteiger partial charge in [-0.05, 0) is 17.7 Å². The van der Waals surface area contributed by atoms with Gasteiger partial charge in [0, 0.05) is 5.56 Å². The van der Waals surface area contributed by atoms with Crippen LogP contribution in [0.15, 0.2) is 60.7 Å². The van der Waals surface area contributed by atoms with Crippen LogP contribution in [0.2, 0.25) is 0 Å². The number of terminal acetylenes is 1. The summed E-state index contributed by atoms with van der Waals surface area (Å²) in [6.45, 7) is 0.174. The lowest BCUT2D eigenvalue weighted by Crippen LogP contribution is -2.33. The fourth-order valence-electron chi connectivity index (χ4n) is 2.18. The monoisotopic (exact) mass is 306 g/mol. The van der Waals surface area contributed by atoms with Crippen molar-refractivity contribution in [2.45, 2.75) is 12.5 Å². The minimum absolute atomic E-state index is 0.129. The molecule has 0 fully saturated rings. The van der Waals surface area contributed by atoms with Gasteiger partial charge in [-0.2, -0.15) is 0 Å². The molecule has 0 aliphatic rings. The number of hydrogen-bond donors (Lipinski definition) is 2. The molecule has 116 valence electrons. The van der Waals surface area contributed by atoms with Crippen molar-refractivity contribution in [2.24, 2.45) is 0 Å². The molecule has 0 saturated carbocycles.